The largest absolute Gasteiger partial charge is 0.311 e. The van der Waals surface area contributed by atoms with Crippen molar-refractivity contribution in [2.45, 2.75) is 18.5 Å². The molecule has 1 N–H and O–H groups in total. The van der Waals surface area contributed by atoms with Gasteiger partial charge in [-0.15, -0.1) is 0 Å². The fourth-order valence-electron chi connectivity index (χ4n) is 3.04. The second-order valence-electron chi connectivity index (χ2n) is 4.91. The third kappa shape index (κ3) is 1.21. The number of imidazole rings is 1. The van der Waals surface area contributed by atoms with E-state index in [0.29, 0.717) is 10.4 Å². The Labute approximate surface area is 106 Å². The molecule has 5 heteroatoms. The Bertz CT molecular complexity index is 623. The highest BCUT2D eigenvalue weighted by molar-refractivity contribution is 9.10. The lowest BCUT2D eigenvalue weighted by atomic mass is 10.3. The Kier molecular flexibility index (Phi) is 1.82. The van der Waals surface area contributed by atoms with Crippen molar-refractivity contribution in [3.05, 3.63) is 28.7 Å². The van der Waals surface area contributed by atoms with Crippen molar-refractivity contribution in [1.82, 2.24) is 14.9 Å². The highest BCUT2D eigenvalue weighted by Crippen LogP contribution is 2.54. The monoisotopic (exact) mass is 295 g/mol. The van der Waals surface area contributed by atoms with E-state index in [4.69, 9.17) is 0 Å². The van der Waals surface area contributed by atoms with E-state index in [9.17, 15) is 4.39 Å². The minimum atomic E-state index is -0.231. The van der Waals surface area contributed by atoms with E-state index in [-0.39, 0.29) is 11.5 Å². The number of hydrogen-bond acceptors (Lipinski definition) is 2. The second-order valence-corrected chi connectivity index (χ2v) is 5.76. The molecular weight excluding hydrogens is 285 g/mol. The van der Waals surface area contributed by atoms with Gasteiger partial charge in [0.1, 0.15) is 11.5 Å². The van der Waals surface area contributed by atoms with Gasteiger partial charge in [-0.05, 0) is 41.4 Å². The van der Waals surface area contributed by atoms with Crippen molar-refractivity contribution in [3.63, 3.8) is 0 Å². The average Bonchev–Trinajstić information content (AvgIpc) is 2.70. The highest BCUT2D eigenvalue weighted by Gasteiger charge is 2.59. The van der Waals surface area contributed by atoms with Crippen LogP contribution in [-0.4, -0.2) is 16.1 Å². The third-order valence-corrected chi connectivity index (χ3v) is 4.62. The van der Waals surface area contributed by atoms with Crippen molar-refractivity contribution in [3.8, 4) is 0 Å². The number of nitrogens with zero attached hydrogens (tertiary/aromatic N) is 2. The molecule has 1 aromatic carbocycles. The summed E-state index contributed by atoms with van der Waals surface area (Å²) in [6, 6.07) is 3.31. The SMILES string of the molecule is Fc1cc2c(cc1Br)ncn2[C@@]12C[C@H]1CCN2. The van der Waals surface area contributed by atoms with Crippen molar-refractivity contribution >= 4 is 27.0 Å². The fraction of sp³-hybridized carbons (Fsp3) is 0.417. The van der Waals surface area contributed by atoms with Crippen molar-refractivity contribution in [1.29, 1.82) is 0 Å². The lowest BCUT2D eigenvalue weighted by molar-refractivity contribution is 0.420. The first-order valence-corrected chi connectivity index (χ1v) is 6.58. The van der Waals surface area contributed by atoms with Crippen LogP contribution in [0.2, 0.25) is 0 Å². The summed E-state index contributed by atoms with van der Waals surface area (Å²) < 4.78 is 16.2. The molecule has 4 rings (SSSR count). The van der Waals surface area contributed by atoms with E-state index in [2.05, 4.69) is 30.8 Å². The summed E-state index contributed by atoms with van der Waals surface area (Å²) in [4.78, 5) is 4.36. The van der Waals surface area contributed by atoms with Crippen LogP contribution >= 0.6 is 15.9 Å². The van der Waals surface area contributed by atoms with Crippen molar-refractivity contribution in [2.75, 3.05) is 6.54 Å². The minimum Gasteiger partial charge on any atom is -0.311 e. The third-order valence-electron chi connectivity index (χ3n) is 4.02. The molecule has 0 amide bonds. The Morgan fingerprint density at radius 2 is 2.41 bits per heavy atom. The van der Waals surface area contributed by atoms with E-state index in [1.807, 2.05) is 6.33 Å². The maximum Gasteiger partial charge on any atom is 0.139 e. The van der Waals surface area contributed by atoms with Crippen LogP contribution in [0.3, 0.4) is 0 Å². The van der Waals surface area contributed by atoms with E-state index < -0.39 is 0 Å². The molecule has 2 heterocycles. The van der Waals surface area contributed by atoms with E-state index in [1.165, 1.54) is 6.42 Å². The van der Waals surface area contributed by atoms with E-state index in [0.717, 1.165) is 24.0 Å². The number of halogens is 2. The molecule has 17 heavy (non-hydrogen) atoms. The predicted molar refractivity (Wildman–Crippen MR) is 66.1 cm³/mol. The van der Waals surface area contributed by atoms with Gasteiger partial charge in [-0.2, -0.15) is 0 Å². The molecule has 3 nitrogen and oxygen atoms in total. The van der Waals surface area contributed by atoms with Gasteiger partial charge in [0.15, 0.2) is 0 Å². The molecule has 88 valence electrons. The lowest BCUT2D eigenvalue weighted by Gasteiger charge is -2.16. The van der Waals surface area contributed by atoms with Crippen LogP contribution in [0.1, 0.15) is 12.8 Å². The number of piperidine rings is 1. The number of nitrogens with one attached hydrogen (secondary N) is 1. The first-order chi connectivity index (χ1) is 8.21. The summed E-state index contributed by atoms with van der Waals surface area (Å²) in [5.41, 5.74) is 1.74. The normalized spacial score (nSPS) is 30.8. The van der Waals surface area contributed by atoms with Gasteiger partial charge in [0.2, 0.25) is 0 Å². The standard InChI is InChI=1S/C12H11BrFN3/c13-8-3-10-11(4-9(8)14)17(6-15-10)12-5-7(12)1-2-16-12/h3-4,6-7,16H,1-2,5H2/t7-,12+/m1/s1. The summed E-state index contributed by atoms with van der Waals surface area (Å²) in [6.07, 6.45) is 4.17. The van der Waals surface area contributed by atoms with Crippen LogP contribution < -0.4 is 5.32 Å². The topological polar surface area (TPSA) is 29.9 Å². The molecule has 0 radical (unpaired) electrons. The molecule has 0 unspecified atom stereocenters. The number of hydrogen-bond donors (Lipinski definition) is 1. The Morgan fingerprint density at radius 3 is 3.12 bits per heavy atom. The predicted octanol–water partition coefficient (Wildman–Crippen LogP) is 2.60. The maximum atomic E-state index is 13.6. The lowest BCUT2D eigenvalue weighted by Crippen LogP contribution is -2.31. The molecule has 1 saturated carbocycles. The maximum absolute atomic E-state index is 13.6. The molecule has 0 bridgehead atoms. The summed E-state index contributed by atoms with van der Waals surface area (Å²) in [7, 11) is 0. The fourth-order valence-corrected chi connectivity index (χ4v) is 3.37. The van der Waals surface area contributed by atoms with Gasteiger partial charge < -0.3 is 4.57 Å². The van der Waals surface area contributed by atoms with Crippen molar-refractivity contribution < 1.29 is 4.39 Å². The zero-order chi connectivity index (χ0) is 11.6. The van der Waals surface area contributed by atoms with Gasteiger partial charge in [0.05, 0.1) is 21.8 Å². The van der Waals surface area contributed by atoms with Crippen LogP contribution in [0, 0.1) is 11.7 Å². The smallest absolute Gasteiger partial charge is 0.139 e. The number of fused-ring (bicyclic) bond motifs is 2. The van der Waals surface area contributed by atoms with Crippen LogP contribution in [0.15, 0.2) is 22.9 Å². The van der Waals surface area contributed by atoms with Crippen LogP contribution in [-0.2, 0) is 5.66 Å². The summed E-state index contributed by atoms with van der Waals surface area (Å²) >= 11 is 3.19. The molecular formula is C12H11BrFN3. The van der Waals surface area contributed by atoms with Crippen LogP contribution in [0.4, 0.5) is 4.39 Å². The van der Waals surface area contributed by atoms with Crippen LogP contribution in [0.5, 0.6) is 0 Å². The zero-order valence-corrected chi connectivity index (χ0v) is 10.7. The number of aromatic nitrogens is 2. The molecule has 2 aromatic rings. The van der Waals surface area contributed by atoms with Gasteiger partial charge in [-0.25, -0.2) is 9.37 Å². The van der Waals surface area contributed by atoms with Gasteiger partial charge in [0.25, 0.3) is 0 Å². The number of rotatable bonds is 1. The zero-order valence-electron chi connectivity index (χ0n) is 9.08. The first kappa shape index (κ1) is 10.0. The number of benzene rings is 1. The van der Waals surface area contributed by atoms with E-state index >= 15 is 0 Å². The molecule has 1 aliphatic carbocycles. The molecule has 2 aliphatic rings. The molecule has 1 saturated heterocycles. The van der Waals surface area contributed by atoms with Gasteiger partial charge in [0, 0.05) is 12.0 Å². The Morgan fingerprint density at radius 1 is 1.53 bits per heavy atom. The van der Waals surface area contributed by atoms with Crippen LogP contribution in [0.25, 0.3) is 11.0 Å². The average molecular weight is 296 g/mol. The Balaban J connectivity index is 1.94. The van der Waals surface area contributed by atoms with Gasteiger partial charge in [-0.3, -0.25) is 5.32 Å². The summed E-state index contributed by atoms with van der Waals surface area (Å²) in [5.74, 6) is 0.456. The minimum absolute atomic E-state index is 0.0228. The van der Waals surface area contributed by atoms with Gasteiger partial charge >= 0.3 is 0 Å². The molecule has 2 atom stereocenters. The molecule has 2 fully saturated rings. The second kappa shape index (κ2) is 3.09. The molecule has 1 aromatic heterocycles. The molecule has 1 aliphatic heterocycles. The summed E-state index contributed by atoms with van der Waals surface area (Å²) in [6.45, 7) is 1.04. The highest BCUT2D eigenvalue weighted by atomic mass is 79.9. The van der Waals surface area contributed by atoms with Gasteiger partial charge in [-0.1, -0.05) is 0 Å². The molecule has 0 spiro atoms. The first-order valence-electron chi connectivity index (χ1n) is 5.78. The van der Waals surface area contributed by atoms with E-state index in [1.54, 1.807) is 12.1 Å². The summed E-state index contributed by atoms with van der Waals surface area (Å²) in [5, 5.41) is 3.52. The van der Waals surface area contributed by atoms with Crippen molar-refractivity contribution in [2.24, 2.45) is 5.92 Å². The quantitative estimate of drug-likeness (QED) is 0.876. The Hall–Kier alpha value is -0.940.